The average Bonchev–Trinajstić information content (AvgIpc) is 2.86. The summed E-state index contributed by atoms with van der Waals surface area (Å²) in [5.74, 6) is -0.243. The number of para-hydroxylation sites is 1. The first kappa shape index (κ1) is 23.8. The Balaban J connectivity index is 1.32. The van der Waals surface area contributed by atoms with Crippen molar-refractivity contribution in [2.45, 2.75) is 4.90 Å². The van der Waals surface area contributed by atoms with E-state index in [1.54, 1.807) is 11.0 Å². The number of hydrogen-bond donors (Lipinski definition) is 0. The summed E-state index contributed by atoms with van der Waals surface area (Å²) in [6.07, 6.45) is 1.83. The number of fused-ring (bicyclic) bond motifs is 1. The molecule has 2 amide bonds. The molecule has 2 aliphatic heterocycles. The molecule has 1 fully saturated rings. The third-order valence-electron chi connectivity index (χ3n) is 6.08. The zero-order chi connectivity index (χ0) is 24.4. The topological polar surface area (TPSA) is 43.9 Å². The van der Waals surface area contributed by atoms with E-state index in [1.165, 1.54) is 11.8 Å². The van der Waals surface area contributed by atoms with Crippen molar-refractivity contribution in [2.75, 3.05) is 42.5 Å². The van der Waals surface area contributed by atoms with Crippen molar-refractivity contribution in [3.05, 3.63) is 93.3 Å². The fourth-order valence-corrected chi connectivity index (χ4v) is 5.73. The fourth-order valence-electron chi connectivity index (χ4n) is 4.29. The molecular formula is C27H23Cl2N3O2S. The van der Waals surface area contributed by atoms with Crippen molar-refractivity contribution in [1.82, 2.24) is 4.90 Å². The number of carbonyl (C=O) groups excluding carboxylic acids is 2. The molecule has 2 aliphatic rings. The largest absolute Gasteiger partial charge is 0.368 e. The van der Waals surface area contributed by atoms with Crippen LogP contribution in [0.4, 0.5) is 11.4 Å². The highest BCUT2D eigenvalue weighted by molar-refractivity contribution is 8.04. The normalized spacial score (nSPS) is 17.0. The minimum absolute atomic E-state index is 0.000454. The number of rotatable bonds is 4. The molecule has 1 saturated heterocycles. The lowest BCUT2D eigenvalue weighted by molar-refractivity contribution is -0.131. The van der Waals surface area contributed by atoms with Crippen molar-refractivity contribution in [2.24, 2.45) is 0 Å². The molecule has 35 heavy (non-hydrogen) atoms. The van der Waals surface area contributed by atoms with Crippen LogP contribution in [-0.2, 0) is 9.59 Å². The van der Waals surface area contributed by atoms with Crippen LogP contribution < -0.4 is 9.80 Å². The summed E-state index contributed by atoms with van der Waals surface area (Å²) in [5.41, 5.74) is 2.66. The van der Waals surface area contributed by atoms with Crippen molar-refractivity contribution in [3.8, 4) is 0 Å². The molecular weight excluding hydrogens is 501 g/mol. The molecule has 178 valence electrons. The van der Waals surface area contributed by atoms with Crippen LogP contribution in [0, 0.1) is 0 Å². The lowest BCUT2D eigenvalue weighted by Gasteiger charge is -2.37. The van der Waals surface area contributed by atoms with Crippen LogP contribution in [0.15, 0.2) is 82.6 Å². The second kappa shape index (κ2) is 10.4. The number of nitrogens with zero attached hydrogens (tertiary/aromatic N) is 3. The zero-order valence-electron chi connectivity index (χ0n) is 18.9. The molecule has 3 aromatic rings. The van der Waals surface area contributed by atoms with E-state index < -0.39 is 0 Å². The van der Waals surface area contributed by atoms with Gasteiger partial charge < -0.3 is 9.80 Å². The van der Waals surface area contributed by atoms with E-state index in [4.69, 9.17) is 23.2 Å². The van der Waals surface area contributed by atoms with E-state index in [0.717, 1.165) is 21.8 Å². The Morgan fingerprint density at radius 1 is 0.886 bits per heavy atom. The molecule has 5 rings (SSSR count). The Morgan fingerprint density at radius 3 is 2.34 bits per heavy atom. The Morgan fingerprint density at radius 2 is 1.60 bits per heavy atom. The van der Waals surface area contributed by atoms with Gasteiger partial charge in [-0.05, 0) is 54.1 Å². The van der Waals surface area contributed by atoms with Crippen molar-refractivity contribution >= 4 is 64.2 Å². The lowest BCUT2D eigenvalue weighted by Crippen LogP contribution is -2.52. The molecule has 0 spiro atoms. The van der Waals surface area contributed by atoms with E-state index in [9.17, 15) is 9.59 Å². The van der Waals surface area contributed by atoms with Gasteiger partial charge in [0.15, 0.2) is 0 Å². The lowest BCUT2D eigenvalue weighted by atomic mass is 10.2. The predicted molar refractivity (Wildman–Crippen MR) is 144 cm³/mol. The minimum atomic E-state index is -0.181. The van der Waals surface area contributed by atoms with E-state index >= 15 is 0 Å². The number of benzene rings is 3. The van der Waals surface area contributed by atoms with Gasteiger partial charge in [0.05, 0.1) is 10.6 Å². The minimum Gasteiger partial charge on any atom is -0.368 e. The van der Waals surface area contributed by atoms with Gasteiger partial charge in [-0.3, -0.25) is 14.5 Å². The van der Waals surface area contributed by atoms with Gasteiger partial charge in [0.2, 0.25) is 5.91 Å². The Labute approximate surface area is 218 Å². The van der Waals surface area contributed by atoms with Gasteiger partial charge in [0.25, 0.3) is 5.91 Å². The third kappa shape index (κ3) is 5.35. The molecule has 5 nitrogen and oxygen atoms in total. The highest BCUT2D eigenvalue weighted by Crippen LogP contribution is 2.42. The summed E-state index contributed by atoms with van der Waals surface area (Å²) < 4.78 is 0. The Kier molecular flexibility index (Phi) is 7.04. The van der Waals surface area contributed by atoms with Crippen molar-refractivity contribution in [3.63, 3.8) is 0 Å². The summed E-state index contributed by atoms with van der Waals surface area (Å²) in [7, 11) is 0. The van der Waals surface area contributed by atoms with E-state index in [-0.39, 0.29) is 18.4 Å². The monoisotopic (exact) mass is 523 g/mol. The summed E-state index contributed by atoms with van der Waals surface area (Å²) in [6.45, 7) is 2.61. The number of piperazine rings is 1. The van der Waals surface area contributed by atoms with Gasteiger partial charge in [0.1, 0.15) is 6.54 Å². The number of halogens is 2. The standard InChI is InChI=1S/C27H23Cl2N3O2S/c28-20-6-3-5-19(15-20)16-25-27(34)32(23-9-1-2-10-24(23)35-25)18-26(33)31-13-11-30(12-14-31)22-8-4-7-21(29)17-22/h1-10,15-17H,11-14,18H2/b25-16-. The molecule has 0 bridgehead atoms. The number of anilines is 2. The molecule has 0 atom stereocenters. The molecule has 0 unspecified atom stereocenters. The van der Waals surface area contributed by atoms with Crippen LogP contribution >= 0.6 is 35.0 Å². The molecule has 0 aromatic heterocycles. The number of hydrogen-bond acceptors (Lipinski definition) is 4. The van der Waals surface area contributed by atoms with Gasteiger partial charge in [-0.15, -0.1) is 0 Å². The summed E-state index contributed by atoms with van der Waals surface area (Å²) in [5, 5.41) is 1.31. The highest BCUT2D eigenvalue weighted by atomic mass is 35.5. The van der Waals surface area contributed by atoms with Crippen LogP contribution in [0.3, 0.4) is 0 Å². The van der Waals surface area contributed by atoms with E-state index in [2.05, 4.69) is 4.90 Å². The van der Waals surface area contributed by atoms with Gasteiger partial charge in [0, 0.05) is 46.8 Å². The van der Waals surface area contributed by atoms with E-state index in [1.807, 2.05) is 77.7 Å². The Bertz CT molecular complexity index is 1300. The quantitative estimate of drug-likeness (QED) is 0.404. The first-order chi connectivity index (χ1) is 17.0. The van der Waals surface area contributed by atoms with Gasteiger partial charge in [-0.1, -0.05) is 65.3 Å². The first-order valence-corrected chi connectivity index (χ1v) is 12.9. The van der Waals surface area contributed by atoms with Crippen LogP contribution in [0.1, 0.15) is 5.56 Å². The van der Waals surface area contributed by atoms with Gasteiger partial charge in [-0.2, -0.15) is 0 Å². The number of amides is 2. The van der Waals surface area contributed by atoms with Crippen LogP contribution in [0.2, 0.25) is 10.0 Å². The summed E-state index contributed by atoms with van der Waals surface area (Å²) >= 11 is 13.7. The molecule has 0 saturated carbocycles. The molecule has 3 aromatic carbocycles. The van der Waals surface area contributed by atoms with Crippen LogP contribution in [0.5, 0.6) is 0 Å². The van der Waals surface area contributed by atoms with Crippen LogP contribution in [0.25, 0.3) is 6.08 Å². The zero-order valence-corrected chi connectivity index (χ0v) is 21.2. The van der Waals surface area contributed by atoms with E-state index in [0.29, 0.717) is 41.1 Å². The van der Waals surface area contributed by atoms with Gasteiger partial charge in [-0.25, -0.2) is 0 Å². The van der Waals surface area contributed by atoms with Gasteiger partial charge >= 0.3 is 0 Å². The molecule has 0 aliphatic carbocycles. The molecule has 0 radical (unpaired) electrons. The first-order valence-electron chi connectivity index (χ1n) is 11.3. The maximum absolute atomic E-state index is 13.5. The molecule has 0 N–H and O–H groups in total. The SMILES string of the molecule is O=C(CN1C(=O)/C(=C/c2cccc(Cl)c2)Sc2ccccc21)N1CCN(c2cccc(Cl)c2)CC1. The second-order valence-electron chi connectivity index (χ2n) is 8.37. The number of carbonyl (C=O) groups is 2. The van der Waals surface area contributed by atoms with Crippen LogP contribution in [-0.4, -0.2) is 49.4 Å². The number of thioether (sulfide) groups is 1. The van der Waals surface area contributed by atoms with Crippen molar-refractivity contribution in [1.29, 1.82) is 0 Å². The smallest absolute Gasteiger partial charge is 0.265 e. The maximum Gasteiger partial charge on any atom is 0.265 e. The summed E-state index contributed by atoms with van der Waals surface area (Å²) in [4.78, 5) is 33.9. The van der Waals surface area contributed by atoms with Crippen molar-refractivity contribution < 1.29 is 9.59 Å². The predicted octanol–water partition coefficient (Wildman–Crippen LogP) is 5.82. The molecule has 8 heteroatoms. The highest BCUT2D eigenvalue weighted by Gasteiger charge is 2.32. The fraction of sp³-hybridized carbons (Fsp3) is 0.185. The summed E-state index contributed by atoms with van der Waals surface area (Å²) in [6, 6.07) is 22.8. The molecule has 2 heterocycles. The average molecular weight is 524 g/mol. The maximum atomic E-state index is 13.5. The Hall–Kier alpha value is -2.93. The second-order valence-corrected chi connectivity index (χ2v) is 10.3. The third-order valence-corrected chi connectivity index (χ3v) is 7.63.